The quantitative estimate of drug-likeness (QED) is 0.110. The van der Waals surface area contributed by atoms with Crippen LogP contribution in [0.1, 0.15) is 107 Å². The van der Waals surface area contributed by atoms with Gasteiger partial charge >= 0.3 is 8.56 Å². The van der Waals surface area contributed by atoms with Crippen molar-refractivity contribution in [1.82, 2.24) is 14.7 Å². The molecule has 0 aliphatic rings. The Morgan fingerprint density at radius 2 is 0.861 bits per heavy atom. The molecule has 0 saturated carbocycles. The Kier molecular flexibility index (Phi) is 21.9. The lowest BCUT2D eigenvalue weighted by molar-refractivity contribution is 0.112. The van der Waals surface area contributed by atoms with Gasteiger partial charge in [0.25, 0.3) is 0 Å². The fraction of sp³-hybridized carbons (Fsp3) is 1.00. The first-order valence-electron chi connectivity index (χ1n) is 15.8. The molecule has 0 aliphatic heterocycles. The summed E-state index contributed by atoms with van der Waals surface area (Å²) >= 11 is 0. The second-order valence-corrected chi connectivity index (χ2v) is 14.3. The van der Waals surface area contributed by atoms with E-state index in [0.717, 1.165) is 44.9 Å². The summed E-state index contributed by atoms with van der Waals surface area (Å²) in [5.41, 5.74) is 0.338. The van der Waals surface area contributed by atoms with Crippen molar-refractivity contribution in [2.75, 3.05) is 72.1 Å². The zero-order chi connectivity index (χ0) is 27.3. The van der Waals surface area contributed by atoms with Gasteiger partial charge in [0.1, 0.15) is 0 Å². The van der Waals surface area contributed by atoms with Crippen LogP contribution in [0.3, 0.4) is 0 Å². The highest BCUT2D eigenvalue weighted by atomic mass is 28.4. The third-order valence-electron chi connectivity index (χ3n) is 8.23. The van der Waals surface area contributed by atoms with Crippen LogP contribution in [0.2, 0.25) is 12.1 Å². The molecule has 0 aliphatic carbocycles. The molecule has 0 bridgehead atoms. The first kappa shape index (κ1) is 36.0. The third-order valence-corrected chi connectivity index (χ3v) is 11.9. The van der Waals surface area contributed by atoms with Gasteiger partial charge in [-0.1, -0.05) is 48.5 Å². The van der Waals surface area contributed by atoms with Gasteiger partial charge in [-0.05, 0) is 135 Å². The van der Waals surface area contributed by atoms with E-state index in [2.05, 4.69) is 77.0 Å². The van der Waals surface area contributed by atoms with Crippen LogP contribution in [0.25, 0.3) is 0 Å². The van der Waals surface area contributed by atoms with Crippen molar-refractivity contribution in [3.05, 3.63) is 0 Å². The lowest BCUT2D eigenvalue weighted by Crippen LogP contribution is -2.44. The van der Waals surface area contributed by atoms with Gasteiger partial charge in [-0.3, -0.25) is 0 Å². The lowest BCUT2D eigenvalue weighted by Gasteiger charge is -2.41. The van der Waals surface area contributed by atoms with E-state index in [0.29, 0.717) is 5.41 Å². The highest BCUT2D eigenvalue weighted by Gasteiger charge is 2.40. The smallest absolute Gasteiger partial charge is 0.337 e. The average Bonchev–Trinajstić information content (AvgIpc) is 2.89. The minimum Gasteiger partial charge on any atom is -0.394 e. The fourth-order valence-electron chi connectivity index (χ4n) is 5.72. The molecular formula is C30H67N3O2Si. The highest BCUT2D eigenvalue weighted by molar-refractivity contribution is 6.67. The van der Waals surface area contributed by atoms with Gasteiger partial charge in [-0.25, -0.2) is 0 Å². The van der Waals surface area contributed by atoms with E-state index in [1.807, 2.05) is 0 Å². The number of nitrogens with zero attached hydrogens (tertiary/aromatic N) is 3. The maximum atomic E-state index is 6.46. The Hall–Kier alpha value is 0.0169. The van der Waals surface area contributed by atoms with Crippen LogP contribution < -0.4 is 0 Å². The molecule has 0 atom stereocenters. The van der Waals surface area contributed by atoms with Crippen LogP contribution >= 0.6 is 0 Å². The van der Waals surface area contributed by atoms with Crippen LogP contribution in [-0.2, 0) is 8.85 Å². The zero-order valence-corrected chi connectivity index (χ0v) is 27.3. The molecule has 0 aromatic rings. The minimum atomic E-state index is -2.16. The highest BCUT2D eigenvalue weighted by Crippen LogP contribution is 2.40. The van der Waals surface area contributed by atoms with Crippen molar-refractivity contribution in [1.29, 1.82) is 0 Å². The topological polar surface area (TPSA) is 28.2 Å². The van der Waals surface area contributed by atoms with Gasteiger partial charge in [0.05, 0.1) is 0 Å². The molecule has 0 N–H and O–H groups in total. The lowest BCUT2D eigenvalue weighted by atomic mass is 9.75. The van der Waals surface area contributed by atoms with Crippen molar-refractivity contribution in [3.63, 3.8) is 0 Å². The molecule has 218 valence electrons. The maximum Gasteiger partial charge on any atom is 0.337 e. The predicted molar refractivity (Wildman–Crippen MR) is 162 cm³/mol. The molecule has 0 aromatic heterocycles. The Labute approximate surface area is 228 Å². The van der Waals surface area contributed by atoms with Crippen molar-refractivity contribution in [3.8, 4) is 0 Å². The standard InChI is InChI=1S/C30H67N3O2Si/c1-10-23-31(13-4)26-19-30(20-27-32(14-5)24-11-2,21-28-33(15-6)25-12-3)22-29-36(18-9,34-16-7)35-17-8/h10-29H2,1-9H3. The van der Waals surface area contributed by atoms with Crippen LogP contribution in [0.15, 0.2) is 0 Å². The number of hydrogen-bond acceptors (Lipinski definition) is 5. The van der Waals surface area contributed by atoms with E-state index in [9.17, 15) is 0 Å². The van der Waals surface area contributed by atoms with Crippen LogP contribution in [-0.4, -0.2) is 95.4 Å². The first-order chi connectivity index (χ1) is 17.4. The molecule has 0 saturated heterocycles. The van der Waals surface area contributed by atoms with E-state index in [-0.39, 0.29) is 0 Å². The SMILES string of the molecule is CCCN(CC)CCC(CCN(CC)CCC)(CCN(CC)CCC)CC[Si](CC)(OCC)OCC. The summed E-state index contributed by atoms with van der Waals surface area (Å²) in [6, 6.07) is 2.18. The zero-order valence-electron chi connectivity index (χ0n) is 26.3. The molecule has 6 heteroatoms. The van der Waals surface area contributed by atoms with Crippen molar-refractivity contribution >= 4 is 8.56 Å². The van der Waals surface area contributed by atoms with E-state index in [1.165, 1.54) is 84.2 Å². The molecule has 0 amide bonds. The fourth-order valence-corrected chi connectivity index (χ4v) is 8.81. The van der Waals surface area contributed by atoms with Gasteiger partial charge in [-0.2, -0.15) is 0 Å². The minimum absolute atomic E-state index is 0.338. The van der Waals surface area contributed by atoms with Gasteiger partial charge in [0.2, 0.25) is 0 Å². The second kappa shape index (κ2) is 21.9. The first-order valence-corrected chi connectivity index (χ1v) is 18.0. The molecular weight excluding hydrogens is 462 g/mol. The van der Waals surface area contributed by atoms with E-state index in [4.69, 9.17) is 8.85 Å². The summed E-state index contributed by atoms with van der Waals surface area (Å²) in [6.45, 7) is 32.8. The molecule has 0 heterocycles. The third kappa shape index (κ3) is 14.2. The molecule has 5 nitrogen and oxygen atoms in total. The van der Waals surface area contributed by atoms with Gasteiger partial charge in [0, 0.05) is 13.2 Å². The number of hydrogen-bond donors (Lipinski definition) is 0. The van der Waals surface area contributed by atoms with Crippen LogP contribution in [0, 0.1) is 5.41 Å². The van der Waals surface area contributed by atoms with E-state index >= 15 is 0 Å². The molecule has 0 rings (SSSR count). The largest absolute Gasteiger partial charge is 0.394 e. The van der Waals surface area contributed by atoms with Crippen molar-refractivity contribution in [2.24, 2.45) is 5.41 Å². The molecule has 0 aromatic carbocycles. The Morgan fingerprint density at radius 3 is 1.11 bits per heavy atom. The summed E-state index contributed by atoms with van der Waals surface area (Å²) in [6.07, 6.45) is 8.83. The normalized spacial score (nSPS) is 13.0. The van der Waals surface area contributed by atoms with Gasteiger partial charge in [-0.15, -0.1) is 0 Å². The molecule has 0 radical (unpaired) electrons. The Bertz CT molecular complexity index is 443. The summed E-state index contributed by atoms with van der Waals surface area (Å²) in [5.74, 6) is 0. The monoisotopic (exact) mass is 530 g/mol. The van der Waals surface area contributed by atoms with Crippen molar-refractivity contribution < 1.29 is 8.85 Å². The Balaban J connectivity index is 6.04. The molecule has 36 heavy (non-hydrogen) atoms. The average molecular weight is 530 g/mol. The van der Waals surface area contributed by atoms with E-state index < -0.39 is 8.56 Å². The molecule has 0 unspecified atom stereocenters. The molecule has 0 fully saturated rings. The van der Waals surface area contributed by atoms with Crippen LogP contribution in [0.5, 0.6) is 0 Å². The second-order valence-electron chi connectivity index (χ2n) is 10.7. The Morgan fingerprint density at radius 1 is 0.500 bits per heavy atom. The predicted octanol–water partition coefficient (Wildman–Crippen LogP) is 7.26. The molecule has 0 spiro atoms. The number of rotatable bonds is 26. The van der Waals surface area contributed by atoms with Crippen LogP contribution in [0.4, 0.5) is 0 Å². The van der Waals surface area contributed by atoms with Gasteiger partial charge in [0.15, 0.2) is 0 Å². The summed E-state index contributed by atoms with van der Waals surface area (Å²) in [4.78, 5) is 8.03. The van der Waals surface area contributed by atoms with E-state index in [1.54, 1.807) is 0 Å². The summed E-state index contributed by atoms with van der Waals surface area (Å²) in [7, 11) is -2.16. The van der Waals surface area contributed by atoms with Gasteiger partial charge < -0.3 is 23.6 Å². The summed E-state index contributed by atoms with van der Waals surface area (Å²) in [5, 5.41) is 0. The van der Waals surface area contributed by atoms with Crippen molar-refractivity contribution in [2.45, 2.75) is 119 Å². The maximum absolute atomic E-state index is 6.46. The summed E-state index contributed by atoms with van der Waals surface area (Å²) < 4.78 is 12.9.